The molecule has 1 aromatic carbocycles. The summed E-state index contributed by atoms with van der Waals surface area (Å²) in [4.78, 5) is 25.4. The lowest BCUT2D eigenvalue weighted by molar-refractivity contribution is 0.0428. The van der Waals surface area contributed by atoms with Crippen LogP contribution in [0.5, 0.6) is 0 Å². The maximum absolute atomic E-state index is 14.6. The van der Waals surface area contributed by atoms with Crippen LogP contribution in [0.15, 0.2) is 6.07 Å². The second kappa shape index (κ2) is 7.43. The Hall–Kier alpha value is -1.45. The van der Waals surface area contributed by atoms with E-state index in [0.29, 0.717) is 4.90 Å². The van der Waals surface area contributed by atoms with Gasteiger partial charge in [0, 0.05) is 5.56 Å². The van der Waals surface area contributed by atoms with E-state index in [2.05, 4.69) is 0 Å². The van der Waals surface area contributed by atoms with Gasteiger partial charge in [-0.15, -0.1) is 0 Å². The third-order valence-electron chi connectivity index (χ3n) is 2.75. The Labute approximate surface area is 159 Å². The molecule has 1 rings (SSSR count). The molecule has 0 atom stereocenters. The maximum Gasteiger partial charge on any atom is 0.424 e. The normalized spacial score (nSPS) is 11.9. The number of anilines is 1. The van der Waals surface area contributed by atoms with Crippen LogP contribution in [-0.2, 0) is 9.47 Å². The van der Waals surface area contributed by atoms with Crippen LogP contribution in [0.3, 0.4) is 0 Å². The molecule has 0 aliphatic carbocycles. The van der Waals surface area contributed by atoms with Gasteiger partial charge in [0.1, 0.15) is 17.0 Å². The number of hydrogen-bond acceptors (Lipinski definition) is 4. The summed E-state index contributed by atoms with van der Waals surface area (Å²) in [7, 11) is 0. The number of hydrogen-bond donors (Lipinski definition) is 0. The maximum atomic E-state index is 14.6. The molecule has 0 saturated carbocycles. The quantitative estimate of drug-likeness (QED) is 0.400. The minimum absolute atomic E-state index is 0.0589. The van der Waals surface area contributed by atoms with E-state index in [1.807, 2.05) is 0 Å². The number of nitrogens with zero attached hydrogens (tertiary/aromatic N) is 1. The van der Waals surface area contributed by atoms with Crippen molar-refractivity contribution in [3.05, 3.63) is 26.8 Å². The van der Waals surface area contributed by atoms with Gasteiger partial charge in [0.05, 0.1) is 9.26 Å². The van der Waals surface area contributed by atoms with Crippen molar-refractivity contribution < 1.29 is 27.8 Å². The minimum atomic E-state index is -1.11. The molecule has 140 valence electrons. The first-order valence-electron chi connectivity index (χ1n) is 7.54. The summed E-state index contributed by atoms with van der Waals surface area (Å²) >= 11 is 1.66. The number of rotatable bonds is 1. The van der Waals surface area contributed by atoms with Gasteiger partial charge in [0.2, 0.25) is 0 Å². The molecule has 0 fully saturated rings. The molecule has 1 aromatic rings. The fourth-order valence-corrected chi connectivity index (χ4v) is 2.46. The first kappa shape index (κ1) is 21.6. The number of carbonyl (C=O) groups excluding carboxylic acids is 2. The molecule has 0 aliphatic heterocycles. The molecular weight excluding hydrogens is 447 g/mol. The molecule has 0 N–H and O–H groups in total. The zero-order chi connectivity index (χ0) is 19.7. The number of benzene rings is 1. The molecule has 2 amide bonds. The summed E-state index contributed by atoms with van der Waals surface area (Å²) in [5.74, 6) is -1.79. The Morgan fingerprint density at radius 3 is 1.72 bits per heavy atom. The van der Waals surface area contributed by atoms with Crippen LogP contribution in [0.1, 0.15) is 47.1 Å². The van der Waals surface area contributed by atoms with E-state index in [0.717, 1.165) is 6.07 Å². The van der Waals surface area contributed by atoms with Crippen LogP contribution < -0.4 is 4.90 Å². The highest BCUT2D eigenvalue weighted by molar-refractivity contribution is 14.1. The zero-order valence-electron chi connectivity index (χ0n) is 15.3. The van der Waals surface area contributed by atoms with Crippen molar-refractivity contribution in [3.8, 4) is 0 Å². The molecule has 0 saturated heterocycles. The van der Waals surface area contributed by atoms with Gasteiger partial charge in [0.25, 0.3) is 0 Å². The molecule has 0 radical (unpaired) electrons. The summed E-state index contributed by atoms with van der Waals surface area (Å²) in [5.41, 5.74) is -2.57. The number of halogens is 3. The van der Waals surface area contributed by atoms with E-state index in [-0.39, 0.29) is 9.13 Å². The van der Waals surface area contributed by atoms with Gasteiger partial charge in [-0.1, -0.05) is 0 Å². The van der Waals surface area contributed by atoms with E-state index in [4.69, 9.17) is 9.47 Å². The van der Waals surface area contributed by atoms with Crippen molar-refractivity contribution in [2.24, 2.45) is 0 Å². The van der Waals surface area contributed by atoms with Crippen LogP contribution in [0.2, 0.25) is 0 Å². The topological polar surface area (TPSA) is 55.8 Å². The van der Waals surface area contributed by atoms with E-state index < -0.39 is 40.7 Å². The predicted octanol–water partition coefficient (Wildman–Crippen LogP) is 5.55. The molecule has 25 heavy (non-hydrogen) atoms. The third kappa shape index (κ3) is 5.79. The Bertz CT molecular complexity index is 665. The first-order valence-corrected chi connectivity index (χ1v) is 8.62. The van der Waals surface area contributed by atoms with Crippen LogP contribution in [0.25, 0.3) is 0 Å². The van der Waals surface area contributed by atoms with E-state index >= 15 is 0 Å². The van der Waals surface area contributed by atoms with Crippen molar-refractivity contribution in [1.82, 2.24) is 0 Å². The van der Waals surface area contributed by atoms with Gasteiger partial charge >= 0.3 is 12.2 Å². The van der Waals surface area contributed by atoms with Crippen molar-refractivity contribution in [1.29, 1.82) is 0 Å². The lowest BCUT2D eigenvalue weighted by Gasteiger charge is -2.29. The van der Waals surface area contributed by atoms with Crippen molar-refractivity contribution >= 4 is 40.5 Å². The standard InChI is InChI=1S/C17H22F2INO4/c1-9-12(18)10(20)8-11(13(9)19)21(14(22)24-16(2,3)4)15(23)25-17(5,6)7/h8H,1-7H3. The highest BCUT2D eigenvalue weighted by Crippen LogP contribution is 2.30. The summed E-state index contributed by atoms with van der Waals surface area (Å²) in [6, 6.07) is 1.06. The van der Waals surface area contributed by atoms with E-state index in [1.54, 1.807) is 64.1 Å². The molecule has 0 unspecified atom stereocenters. The number of amides is 2. The zero-order valence-corrected chi connectivity index (χ0v) is 17.4. The van der Waals surface area contributed by atoms with Crippen molar-refractivity contribution in [3.63, 3.8) is 0 Å². The molecule has 8 heteroatoms. The second-order valence-corrected chi connectivity index (χ2v) is 8.59. The van der Waals surface area contributed by atoms with E-state index in [1.165, 1.54) is 6.92 Å². The second-order valence-electron chi connectivity index (χ2n) is 7.43. The Kier molecular flexibility index (Phi) is 6.41. The van der Waals surface area contributed by atoms with E-state index in [9.17, 15) is 18.4 Å². The SMILES string of the molecule is Cc1c(F)c(I)cc(N(C(=O)OC(C)(C)C)C(=O)OC(C)(C)C)c1F. The molecular formula is C17H22F2INO4. The number of ether oxygens (including phenoxy) is 2. The van der Waals surface area contributed by atoms with Crippen LogP contribution in [0.4, 0.5) is 24.1 Å². The molecule has 0 aliphatic rings. The highest BCUT2D eigenvalue weighted by Gasteiger charge is 2.35. The summed E-state index contributed by atoms with van der Waals surface area (Å²) < 4.78 is 38.9. The summed E-state index contributed by atoms with van der Waals surface area (Å²) in [6.07, 6.45) is -2.22. The highest BCUT2D eigenvalue weighted by atomic mass is 127. The Balaban J connectivity index is 3.47. The first-order chi connectivity index (χ1) is 11.1. The third-order valence-corrected chi connectivity index (χ3v) is 3.53. The predicted molar refractivity (Wildman–Crippen MR) is 98.8 cm³/mol. The van der Waals surface area contributed by atoms with Gasteiger partial charge in [-0.05, 0) is 77.1 Å². The summed E-state index contributed by atoms with van der Waals surface area (Å²) in [6.45, 7) is 10.9. The van der Waals surface area contributed by atoms with Gasteiger partial charge < -0.3 is 9.47 Å². The smallest absolute Gasteiger partial charge is 0.424 e. The summed E-state index contributed by atoms with van der Waals surface area (Å²) in [5, 5.41) is 0. The minimum Gasteiger partial charge on any atom is -0.443 e. The number of carbonyl (C=O) groups is 2. The van der Waals surface area contributed by atoms with Crippen molar-refractivity contribution in [2.45, 2.75) is 59.7 Å². The van der Waals surface area contributed by atoms with Gasteiger partial charge in [-0.3, -0.25) is 0 Å². The van der Waals surface area contributed by atoms with Crippen LogP contribution in [0, 0.1) is 22.1 Å². The van der Waals surface area contributed by atoms with Crippen LogP contribution in [-0.4, -0.2) is 23.4 Å². The molecule has 5 nitrogen and oxygen atoms in total. The Morgan fingerprint density at radius 1 is 0.960 bits per heavy atom. The van der Waals surface area contributed by atoms with Gasteiger partial charge in [-0.2, -0.15) is 4.90 Å². The lowest BCUT2D eigenvalue weighted by atomic mass is 10.1. The molecule has 0 bridgehead atoms. The largest absolute Gasteiger partial charge is 0.443 e. The fraction of sp³-hybridized carbons (Fsp3) is 0.529. The monoisotopic (exact) mass is 469 g/mol. The fourth-order valence-electron chi connectivity index (χ4n) is 1.76. The van der Waals surface area contributed by atoms with Gasteiger partial charge in [0.15, 0.2) is 5.82 Å². The lowest BCUT2D eigenvalue weighted by Crippen LogP contribution is -2.44. The average Bonchev–Trinajstić information content (AvgIpc) is 2.38. The van der Waals surface area contributed by atoms with Gasteiger partial charge in [-0.25, -0.2) is 18.4 Å². The molecule has 0 spiro atoms. The Morgan fingerprint density at radius 2 is 1.36 bits per heavy atom. The van der Waals surface area contributed by atoms with Crippen molar-refractivity contribution in [2.75, 3.05) is 4.90 Å². The molecule has 0 heterocycles. The average molecular weight is 469 g/mol. The van der Waals surface area contributed by atoms with Crippen LogP contribution >= 0.6 is 22.6 Å². The molecule has 0 aromatic heterocycles. The number of imide groups is 1.